The first kappa shape index (κ1) is 15.8. The van der Waals surface area contributed by atoms with Crippen molar-refractivity contribution < 1.29 is 14.7 Å². The zero-order chi connectivity index (χ0) is 14.6. The lowest BCUT2D eigenvalue weighted by atomic mass is 9.76. The van der Waals surface area contributed by atoms with Crippen molar-refractivity contribution in [3.05, 3.63) is 0 Å². The molecule has 0 spiro atoms. The topological polar surface area (TPSA) is 69.6 Å². The highest BCUT2D eigenvalue weighted by atomic mass is 16.4. The van der Waals surface area contributed by atoms with Crippen LogP contribution < -0.4 is 5.32 Å². The van der Waals surface area contributed by atoms with Crippen molar-refractivity contribution in [2.45, 2.75) is 53.0 Å². The van der Waals surface area contributed by atoms with Gasteiger partial charge in [0.25, 0.3) is 0 Å². The summed E-state index contributed by atoms with van der Waals surface area (Å²) >= 11 is 0. The van der Waals surface area contributed by atoms with Gasteiger partial charge in [-0.05, 0) is 25.2 Å². The fourth-order valence-corrected chi connectivity index (χ4v) is 2.66. The lowest BCUT2D eigenvalue weighted by Crippen LogP contribution is -2.46. The molecule has 1 heterocycles. The molecule has 1 rings (SSSR count). The van der Waals surface area contributed by atoms with Crippen LogP contribution in [0.3, 0.4) is 0 Å². The molecule has 2 amide bonds. The molecular formula is C14H26N2O3. The number of urea groups is 1. The van der Waals surface area contributed by atoms with E-state index in [1.165, 1.54) is 0 Å². The van der Waals surface area contributed by atoms with E-state index < -0.39 is 11.4 Å². The first-order valence-corrected chi connectivity index (χ1v) is 7.16. The van der Waals surface area contributed by atoms with Crippen LogP contribution in [0.1, 0.15) is 47.0 Å². The summed E-state index contributed by atoms with van der Waals surface area (Å²) in [6.45, 7) is 8.73. The van der Waals surface area contributed by atoms with Crippen LogP contribution in [0.25, 0.3) is 0 Å². The molecule has 5 nitrogen and oxygen atoms in total. The highest BCUT2D eigenvalue weighted by molar-refractivity contribution is 5.80. The fourth-order valence-electron chi connectivity index (χ4n) is 2.66. The van der Waals surface area contributed by atoms with Crippen molar-refractivity contribution in [1.82, 2.24) is 10.2 Å². The summed E-state index contributed by atoms with van der Waals surface area (Å²) < 4.78 is 0. The smallest absolute Gasteiger partial charge is 0.317 e. The van der Waals surface area contributed by atoms with Gasteiger partial charge >= 0.3 is 12.0 Å². The van der Waals surface area contributed by atoms with Crippen LogP contribution >= 0.6 is 0 Å². The summed E-state index contributed by atoms with van der Waals surface area (Å²) in [6.07, 6.45) is 2.32. The van der Waals surface area contributed by atoms with E-state index in [0.29, 0.717) is 19.5 Å². The molecule has 1 fully saturated rings. The number of carbonyl (C=O) groups is 2. The lowest BCUT2D eigenvalue weighted by molar-refractivity contribution is -0.150. The van der Waals surface area contributed by atoms with Crippen molar-refractivity contribution >= 4 is 12.0 Å². The summed E-state index contributed by atoms with van der Waals surface area (Å²) in [5.41, 5.74) is -0.786. The molecule has 1 saturated heterocycles. The zero-order valence-electron chi connectivity index (χ0n) is 12.4. The van der Waals surface area contributed by atoms with Gasteiger partial charge in [-0.1, -0.05) is 27.7 Å². The largest absolute Gasteiger partial charge is 0.481 e. The molecule has 2 N–H and O–H groups in total. The van der Waals surface area contributed by atoms with E-state index in [0.717, 1.165) is 12.8 Å². The maximum atomic E-state index is 12.1. The van der Waals surface area contributed by atoms with Crippen molar-refractivity contribution in [2.24, 2.45) is 11.3 Å². The number of hydrogen-bond acceptors (Lipinski definition) is 2. The van der Waals surface area contributed by atoms with E-state index in [4.69, 9.17) is 0 Å². The van der Waals surface area contributed by atoms with Crippen LogP contribution in [0.2, 0.25) is 0 Å². The Morgan fingerprint density at radius 3 is 2.26 bits per heavy atom. The van der Waals surface area contributed by atoms with E-state index in [1.807, 2.05) is 27.7 Å². The number of carbonyl (C=O) groups excluding carboxylic acids is 1. The number of aliphatic carboxylic acids is 1. The average molecular weight is 270 g/mol. The van der Waals surface area contributed by atoms with Gasteiger partial charge in [0.15, 0.2) is 0 Å². The minimum absolute atomic E-state index is 0.0240. The summed E-state index contributed by atoms with van der Waals surface area (Å²) in [5.74, 6) is -0.767. The minimum atomic E-state index is -0.791. The Morgan fingerprint density at radius 2 is 1.89 bits per heavy atom. The Hall–Kier alpha value is -1.26. The third-order valence-electron chi connectivity index (χ3n) is 4.43. The van der Waals surface area contributed by atoms with Crippen LogP contribution in [0, 0.1) is 11.3 Å². The third kappa shape index (κ3) is 3.19. The molecule has 0 aromatic rings. The lowest BCUT2D eigenvalue weighted by Gasteiger charge is -2.29. The van der Waals surface area contributed by atoms with Gasteiger partial charge in [-0.25, -0.2) is 4.79 Å². The highest BCUT2D eigenvalue weighted by Crippen LogP contribution is 2.38. The standard InChI is InChI=1S/C14H26N2O3/c1-5-11(6-2)15-13(19)16-8-7-14(9-16,10(3)4)12(17)18/h10-11H,5-9H2,1-4H3,(H,15,19)(H,17,18). The van der Waals surface area contributed by atoms with E-state index in [-0.39, 0.29) is 18.0 Å². The molecule has 0 bridgehead atoms. The Morgan fingerprint density at radius 1 is 1.32 bits per heavy atom. The molecule has 5 heteroatoms. The SMILES string of the molecule is CCC(CC)NC(=O)N1CCC(C(=O)O)(C(C)C)C1. The molecule has 0 aromatic carbocycles. The summed E-state index contributed by atoms with van der Waals surface area (Å²) in [7, 11) is 0. The number of carboxylic acid groups (broad SMARTS) is 1. The minimum Gasteiger partial charge on any atom is -0.481 e. The second kappa shape index (κ2) is 6.26. The quantitative estimate of drug-likeness (QED) is 0.805. The van der Waals surface area contributed by atoms with Gasteiger partial charge in [0.05, 0.1) is 5.41 Å². The second-order valence-electron chi connectivity index (χ2n) is 5.75. The molecule has 0 saturated carbocycles. The Balaban J connectivity index is 2.69. The molecule has 0 aliphatic carbocycles. The maximum absolute atomic E-state index is 12.1. The van der Waals surface area contributed by atoms with Gasteiger partial charge < -0.3 is 15.3 Å². The normalized spacial score (nSPS) is 23.2. The Kier molecular flexibility index (Phi) is 5.20. The number of nitrogens with one attached hydrogen (secondary N) is 1. The van der Waals surface area contributed by atoms with Crippen LogP contribution in [-0.4, -0.2) is 41.1 Å². The van der Waals surface area contributed by atoms with Crippen molar-refractivity contribution in [3.63, 3.8) is 0 Å². The van der Waals surface area contributed by atoms with E-state index >= 15 is 0 Å². The van der Waals surface area contributed by atoms with Crippen LogP contribution in [0.15, 0.2) is 0 Å². The molecule has 1 aliphatic rings. The molecule has 1 atom stereocenters. The van der Waals surface area contributed by atoms with Gasteiger partial charge in [0.1, 0.15) is 0 Å². The molecular weight excluding hydrogens is 244 g/mol. The molecule has 110 valence electrons. The predicted octanol–water partition coefficient (Wildman–Crippen LogP) is 2.32. The summed E-state index contributed by atoms with van der Waals surface area (Å²) in [5, 5.41) is 12.4. The number of hydrogen-bond donors (Lipinski definition) is 2. The highest BCUT2D eigenvalue weighted by Gasteiger charge is 2.48. The third-order valence-corrected chi connectivity index (χ3v) is 4.43. The van der Waals surface area contributed by atoms with Gasteiger partial charge in [0.2, 0.25) is 0 Å². The van der Waals surface area contributed by atoms with Gasteiger partial charge in [-0.2, -0.15) is 0 Å². The molecule has 1 aliphatic heterocycles. The van der Waals surface area contributed by atoms with Crippen LogP contribution in [0.4, 0.5) is 4.79 Å². The van der Waals surface area contributed by atoms with E-state index in [1.54, 1.807) is 4.90 Å². The van der Waals surface area contributed by atoms with Crippen LogP contribution in [0.5, 0.6) is 0 Å². The second-order valence-corrected chi connectivity index (χ2v) is 5.75. The number of carboxylic acids is 1. The maximum Gasteiger partial charge on any atom is 0.317 e. The fraction of sp³-hybridized carbons (Fsp3) is 0.857. The number of rotatable bonds is 5. The van der Waals surface area contributed by atoms with Crippen molar-refractivity contribution in [2.75, 3.05) is 13.1 Å². The average Bonchev–Trinajstić information content (AvgIpc) is 2.82. The van der Waals surface area contributed by atoms with E-state index in [9.17, 15) is 14.7 Å². The molecule has 0 aromatic heterocycles. The molecule has 19 heavy (non-hydrogen) atoms. The number of nitrogens with zero attached hydrogens (tertiary/aromatic N) is 1. The number of likely N-dealkylation sites (tertiary alicyclic amines) is 1. The van der Waals surface area contributed by atoms with Gasteiger partial charge in [-0.3, -0.25) is 4.79 Å². The van der Waals surface area contributed by atoms with Gasteiger partial charge in [0, 0.05) is 19.1 Å². The van der Waals surface area contributed by atoms with Gasteiger partial charge in [-0.15, -0.1) is 0 Å². The number of amides is 2. The van der Waals surface area contributed by atoms with Crippen molar-refractivity contribution in [3.8, 4) is 0 Å². The first-order valence-electron chi connectivity index (χ1n) is 7.16. The summed E-state index contributed by atoms with van der Waals surface area (Å²) in [6, 6.07) is 0.0452. The zero-order valence-corrected chi connectivity index (χ0v) is 12.4. The molecule has 1 unspecified atom stereocenters. The summed E-state index contributed by atoms with van der Waals surface area (Å²) in [4.78, 5) is 25.3. The molecule has 0 radical (unpaired) electrons. The monoisotopic (exact) mass is 270 g/mol. The van der Waals surface area contributed by atoms with Crippen molar-refractivity contribution in [1.29, 1.82) is 0 Å². The Bertz CT molecular complexity index is 340. The predicted molar refractivity (Wildman–Crippen MR) is 74.0 cm³/mol. The van der Waals surface area contributed by atoms with Crippen LogP contribution in [-0.2, 0) is 4.79 Å². The first-order chi connectivity index (χ1) is 8.87. The van der Waals surface area contributed by atoms with E-state index in [2.05, 4.69) is 5.32 Å². The Labute approximate surface area is 115 Å².